The minimum atomic E-state index is -1.29. The third-order valence-corrected chi connectivity index (χ3v) is 1.62. The molecule has 0 heterocycles. The summed E-state index contributed by atoms with van der Waals surface area (Å²) in [5.41, 5.74) is 0. The van der Waals surface area contributed by atoms with Gasteiger partial charge in [0.25, 0.3) is 0 Å². The zero-order chi connectivity index (χ0) is 9.40. The molecule has 0 spiro atoms. The molecular weight excluding hydrogens is 160 g/mol. The van der Waals surface area contributed by atoms with Crippen LogP contribution in [0.1, 0.15) is 32.1 Å². The van der Waals surface area contributed by atoms with E-state index in [2.05, 4.69) is 0 Å². The lowest BCUT2D eigenvalue weighted by atomic mass is 10.1. The molecule has 72 valence electrons. The predicted octanol–water partition coefficient (Wildman–Crippen LogP) is -0.193. The van der Waals surface area contributed by atoms with Gasteiger partial charge in [0, 0.05) is 6.42 Å². The van der Waals surface area contributed by atoms with E-state index in [1.54, 1.807) is 0 Å². The fraction of sp³-hybridized carbons (Fsp3) is 0.875. The number of carbonyl (C=O) groups excluding carboxylic acids is 1. The van der Waals surface area contributed by atoms with Crippen LogP contribution in [0.4, 0.5) is 0 Å². The number of aliphatic hydroxyl groups excluding tert-OH is 2. The van der Waals surface area contributed by atoms with Gasteiger partial charge >= 0.3 is 0 Å². The molecule has 0 aliphatic carbocycles. The van der Waals surface area contributed by atoms with Crippen molar-refractivity contribution in [2.75, 3.05) is 0 Å². The third kappa shape index (κ3) is 7.65. The molecule has 0 saturated heterocycles. The van der Waals surface area contributed by atoms with Crippen LogP contribution in [0.15, 0.2) is 0 Å². The Kier molecular flexibility index (Phi) is 6.94. The molecule has 0 aromatic rings. The fourth-order valence-electron chi connectivity index (χ4n) is 0.941. The molecule has 0 fully saturated rings. The van der Waals surface area contributed by atoms with E-state index in [1.165, 1.54) is 0 Å². The van der Waals surface area contributed by atoms with Gasteiger partial charge in [-0.25, -0.2) is 0 Å². The Hall–Kier alpha value is -0.450. The van der Waals surface area contributed by atoms with E-state index in [-0.39, 0.29) is 6.42 Å². The van der Waals surface area contributed by atoms with Crippen molar-refractivity contribution in [1.29, 1.82) is 0 Å². The molecule has 0 bridgehead atoms. The van der Waals surface area contributed by atoms with Gasteiger partial charge in [0.05, 0.1) is 6.10 Å². The molecule has 0 aromatic carbocycles. The second kappa shape index (κ2) is 7.21. The fourth-order valence-corrected chi connectivity index (χ4v) is 0.941. The van der Waals surface area contributed by atoms with Gasteiger partial charge in [-0.15, -0.1) is 0 Å². The largest absolute Gasteiger partial charge is 0.393 e. The molecule has 0 amide bonds. The maximum absolute atomic E-state index is 9.90. The number of hydrogen-bond donors (Lipinski definition) is 3. The van der Waals surface area contributed by atoms with E-state index >= 15 is 0 Å². The highest BCUT2D eigenvalue weighted by molar-refractivity contribution is 5.49. The van der Waals surface area contributed by atoms with Crippen molar-refractivity contribution in [2.45, 2.75) is 44.5 Å². The molecular formula is C8H16O4. The normalized spacial score (nSPS) is 13.3. The van der Waals surface area contributed by atoms with E-state index in [0.717, 1.165) is 6.29 Å². The first-order chi connectivity index (χ1) is 5.66. The second-order valence-electron chi connectivity index (χ2n) is 2.81. The van der Waals surface area contributed by atoms with Crippen LogP contribution in [0.5, 0.6) is 0 Å². The minimum absolute atomic E-state index is 0.276. The molecule has 0 aromatic heterocycles. The summed E-state index contributed by atoms with van der Waals surface area (Å²) in [7, 11) is 0. The molecule has 3 N–H and O–H groups in total. The highest BCUT2D eigenvalue weighted by atomic mass is 16.5. The first-order valence-corrected chi connectivity index (χ1v) is 4.14. The highest BCUT2D eigenvalue weighted by Crippen LogP contribution is 2.06. The molecule has 12 heavy (non-hydrogen) atoms. The Morgan fingerprint density at radius 1 is 1.08 bits per heavy atom. The van der Waals surface area contributed by atoms with Crippen LogP contribution < -0.4 is 0 Å². The molecule has 4 heteroatoms. The van der Waals surface area contributed by atoms with E-state index in [1.807, 2.05) is 0 Å². The number of aliphatic hydroxyl groups is 3. The molecule has 0 saturated carbocycles. The van der Waals surface area contributed by atoms with Crippen molar-refractivity contribution < 1.29 is 20.1 Å². The van der Waals surface area contributed by atoms with Crippen LogP contribution in [0, 0.1) is 0 Å². The summed E-state index contributed by atoms with van der Waals surface area (Å²) in [6, 6.07) is 0. The first-order valence-electron chi connectivity index (χ1n) is 4.14. The molecule has 0 rings (SSSR count). The summed E-state index contributed by atoms with van der Waals surface area (Å²) in [6.45, 7) is 0. The zero-order valence-electron chi connectivity index (χ0n) is 7.02. The Bertz CT molecular complexity index is 114. The second-order valence-corrected chi connectivity index (χ2v) is 2.81. The smallest absolute Gasteiger partial charge is 0.151 e. The summed E-state index contributed by atoms with van der Waals surface area (Å²) in [5.74, 6) is 0. The van der Waals surface area contributed by atoms with E-state index < -0.39 is 12.4 Å². The lowest BCUT2D eigenvalue weighted by molar-refractivity contribution is -0.108. The van der Waals surface area contributed by atoms with E-state index in [0.29, 0.717) is 25.7 Å². The van der Waals surface area contributed by atoms with E-state index in [4.69, 9.17) is 10.2 Å². The molecule has 0 aliphatic heterocycles. The van der Waals surface area contributed by atoms with Crippen LogP contribution in [0.25, 0.3) is 0 Å². The maximum Gasteiger partial charge on any atom is 0.151 e. The average Bonchev–Trinajstić information content (AvgIpc) is 2.00. The van der Waals surface area contributed by atoms with Crippen LogP contribution >= 0.6 is 0 Å². The van der Waals surface area contributed by atoms with Crippen LogP contribution in [0.3, 0.4) is 0 Å². The summed E-state index contributed by atoms with van der Waals surface area (Å²) >= 11 is 0. The number of carbonyl (C=O) groups is 1. The quantitative estimate of drug-likeness (QED) is 0.371. The van der Waals surface area contributed by atoms with Gasteiger partial charge in [0.15, 0.2) is 6.29 Å². The van der Waals surface area contributed by atoms with Gasteiger partial charge in [-0.1, -0.05) is 0 Å². The summed E-state index contributed by atoms with van der Waals surface area (Å²) in [5, 5.41) is 26.1. The Labute approximate surface area is 71.8 Å². The van der Waals surface area contributed by atoms with Crippen LogP contribution in [0.2, 0.25) is 0 Å². The minimum Gasteiger partial charge on any atom is -0.393 e. The average molecular weight is 176 g/mol. The predicted molar refractivity (Wildman–Crippen MR) is 43.4 cm³/mol. The number of rotatable bonds is 7. The van der Waals surface area contributed by atoms with Gasteiger partial charge in [-0.3, -0.25) is 0 Å². The monoisotopic (exact) mass is 176 g/mol. The van der Waals surface area contributed by atoms with Gasteiger partial charge in [-0.2, -0.15) is 0 Å². The lowest BCUT2D eigenvalue weighted by Gasteiger charge is -2.08. The van der Waals surface area contributed by atoms with Crippen LogP contribution in [-0.4, -0.2) is 34.0 Å². The summed E-state index contributed by atoms with van der Waals surface area (Å²) in [6.07, 6.45) is 1.18. The van der Waals surface area contributed by atoms with Crippen molar-refractivity contribution in [3.8, 4) is 0 Å². The summed E-state index contributed by atoms with van der Waals surface area (Å²) < 4.78 is 0. The summed E-state index contributed by atoms with van der Waals surface area (Å²) in [4.78, 5) is 9.90. The topological polar surface area (TPSA) is 77.8 Å². The zero-order valence-corrected chi connectivity index (χ0v) is 7.02. The maximum atomic E-state index is 9.90. The van der Waals surface area contributed by atoms with Crippen molar-refractivity contribution in [3.63, 3.8) is 0 Å². The van der Waals surface area contributed by atoms with E-state index in [9.17, 15) is 9.90 Å². The lowest BCUT2D eigenvalue weighted by Crippen LogP contribution is -2.09. The number of hydrogen-bond acceptors (Lipinski definition) is 4. The Morgan fingerprint density at radius 2 is 1.75 bits per heavy atom. The third-order valence-electron chi connectivity index (χ3n) is 1.62. The SMILES string of the molecule is O=CCCC(O)CCCC(O)O. The first kappa shape index (κ1) is 11.6. The van der Waals surface area contributed by atoms with Crippen molar-refractivity contribution in [1.82, 2.24) is 0 Å². The highest BCUT2D eigenvalue weighted by Gasteiger charge is 2.04. The Balaban J connectivity index is 3.18. The molecule has 1 atom stereocenters. The Morgan fingerprint density at radius 3 is 2.25 bits per heavy atom. The van der Waals surface area contributed by atoms with Crippen molar-refractivity contribution >= 4 is 6.29 Å². The molecule has 0 radical (unpaired) electrons. The molecule has 4 nitrogen and oxygen atoms in total. The molecule has 0 aliphatic rings. The molecule has 1 unspecified atom stereocenters. The van der Waals surface area contributed by atoms with Gasteiger partial charge in [0.2, 0.25) is 0 Å². The van der Waals surface area contributed by atoms with Gasteiger partial charge in [0.1, 0.15) is 6.29 Å². The van der Waals surface area contributed by atoms with Crippen molar-refractivity contribution in [3.05, 3.63) is 0 Å². The van der Waals surface area contributed by atoms with Gasteiger partial charge in [-0.05, 0) is 25.7 Å². The standard InChI is InChI=1S/C8H16O4/c9-6-2-4-7(10)3-1-5-8(11)12/h6-8,10-12H,1-5H2. The number of aldehydes is 1. The van der Waals surface area contributed by atoms with Crippen molar-refractivity contribution in [2.24, 2.45) is 0 Å². The van der Waals surface area contributed by atoms with Crippen LogP contribution in [-0.2, 0) is 4.79 Å². The van der Waals surface area contributed by atoms with Gasteiger partial charge < -0.3 is 20.1 Å².